The van der Waals surface area contributed by atoms with E-state index in [9.17, 15) is 4.79 Å². The molecular formula is C17H14N2O2. The number of rotatable bonds is 3. The Hall–Kier alpha value is -2.88. The van der Waals surface area contributed by atoms with Gasteiger partial charge in [-0.15, -0.1) is 0 Å². The molecule has 0 saturated heterocycles. The average Bonchev–Trinajstić information content (AvgIpc) is 2.90. The van der Waals surface area contributed by atoms with Gasteiger partial charge in [-0.1, -0.05) is 30.3 Å². The van der Waals surface area contributed by atoms with E-state index >= 15 is 0 Å². The zero-order chi connectivity index (χ0) is 14.8. The summed E-state index contributed by atoms with van der Waals surface area (Å²) >= 11 is 0. The van der Waals surface area contributed by atoms with Crippen molar-refractivity contribution in [3.63, 3.8) is 0 Å². The molecule has 3 rings (SSSR count). The zero-order valence-corrected chi connectivity index (χ0v) is 11.5. The quantitative estimate of drug-likeness (QED) is 0.797. The lowest BCUT2D eigenvalue weighted by atomic mass is 10.2. The molecule has 0 aliphatic heterocycles. The summed E-state index contributed by atoms with van der Waals surface area (Å²) in [6.07, 6.45) is 1.96. The van der Waals surface area contributed by atoms with Crippen LogP contribution in [0.1, 0.15) is 16.2 Å². The van der Waals surface area contributed by atoms with Crippen molar-refractivity contribution in [3.05, 3.63) is 72.2 Å². The number of aryl methyl sites for hydroxylation is 1. The van der Waals surface area contributed by atoms with Gasteiger partial charge in [0.05, 0.1) is 11.3 Å². The summed E-state index contributed by atoms with van der Waals surface area (Å²) in [5.41, 5.74) is 3.13. The van der Waals surface area contributed by atoms with Gasteiger partial charge in [-0.05, 0) is 31.2 Å². The van der Waals surface area contributed by atoms with E-state index in [4.69, 9.17) is 5.11 Å². The lowest BCUT2D eigenvalue weighted by molar-refractivity contribution is 0.0697. The van der Waals surface area contributed by atoms with Crippen LogP contribution in [0, 0.1) is 6.92 Å². The van der Waals surface area contributed by atoms with E-state index in [0.29, 0.717) is 0 Å². The molecule has 0 saturated carbocycles. The molecule has 2 aromatic carbocycles. The van der Waals surface area contributed by atoms with Gasteiger partial charge in [-0.3, -0.25) is 0 Å². The molecule has 4 heteroatoms. The molecule has 4 nitrogen and oxygen atoms in total. The minimum atomic E-state index is -0.922. The second-order valence-electron chi connectivity index (χ2n) is 4.76. The van der Waals surface area contributed by atoms with Gasteiger partial charge < -0.3 is 9.67 Å². The number of nitrogens with zero attached hydrogens (tertiary/aromatic N) is 2. The summed E-state index contributed by atoms with van der Waals surface area (Å²) in [4.78, 5) is 15.4. The van der Waals surface area contributed by atoms with Gasteiger partial charge in [0.15, 0.2) is 0 Å². The van der Waals surface area contributed by atoms with E-state index in [1.165, 1.54) is 0 Å². The van der Waals surface area contributed by atoms with Crippen LogP contribution in [0.5, 0.6) is 0 Å². The van der Waals surface area contributed by atoms with Gasteiger partial charge in [0, 0.05) is 17.4 Å². The van der Waals surface area contributed by atoms with Crippen LogP contribution in [-0.2, 0) is 0 Å². The second kappa shape index (κ2) is 5.25. The van der Waals surface area contributed by atoms with Crippen LogP contribution < -0.4 is 0 Å². The third-order valence-electron chi connectivity index (χ3n) is 3.34. The molecule has 1 heterocycles. The van der Waals surface area contributed by atoms with Crippen LogP contribution >= 0.6 is 0 Å². The van der Waals surface area contributed by atoms with Crippen molar-refractivity contribution in [3.8, 4) is 16.9 Å². The van der Waals surface area contributed by atoms with Crippen LogP contribution in [0.25, 0.3) is 16.9 Å². The van der Waals surface area contributed by atoms with Gasteiger partial charge in [0.2, 0.25) is 0 Å². The smallest absolute Gasteiger partial charge is 0.335 e. The van der Waals surface area contributed by atoms with Gasteiger partial charge >= 0.3 is 5.97 Å². The maximum absolute atomic E-state index is 10.9. The van der Waals surface area contributed by atoms with Crippen LogP contribution in [-0.4, -0.2) is 20.6 Å². The Balaban J connectivity index is 2.00. The predicted molar refractivity (Wildman–Crippen MR) is 80.7 cm³/mol. The van der Waals surface area contributed by atoms with Gasteiger partial charge in [0.1, 0.15) is 5.82 Å². The fourth-order valence-electron chi connectivity index (χ4n) is 2.25. The molecule has 0 atom stereocenters. The third kappa shape index (κ3) is 2.56. The molecule has 1 aromatic heterocycles. The largest absolute Gasteiger partial charge is 0.478 e. The summed E-state index contributed by atoms with van der Waals surface area (Å²) in [6, 6.07) is 16.7. The number of aromatic carboxylic acids is 1. The molecule has 0 fully saturated rings. The number of carboxylic acids is 1. The van der Waals surface area contributed by atoms with E-state index in [0.717, 1.165) is 22.8 Å². The lowest BCUT2D eigenvalue weighted by Gasteiger charge is -2.04. The normalized spacial score (nSPS) is 10.5. The topological polar surface area (TPSA) is 55.1 Å². The first-order valence-electron chi connectivity index (χ1n) is 6.60. The van der Waals surface area contributed by atoms with Crippen molar-refractivity contribution in [2.24, 2.45) is 0 Å². The summed E-state index contributed by atoms with van der Waals surface area (Å²) in [5, 5.41) is 8.93. The van der Waals surface area contributed by atoms with E-state index < -0.39 is 5.97 Å². The lowest BCUT2D eigenvalue weighted by Crippen LogP contribution is -1.98. The fraction of sp³-hybridized carbons (Fsp3) is 0.0588. The first-order chi connectivity index (χ1) is 10.1. The Morgan fingerprint density at radius 3 is 2.33 bits per heavy atom. The van der Waals surface area contributed by atoms with E-state index in [2.05, 4.69) is 4.98 Å². The monoisotopic (exact) mass is 278 g/mol. The van der Waals surface area contributed by atoms with Crippen LogP contribution in [0.15, 0.2) is 60.8 Å². The van der Waals surface area contributed by atoms with E-state index in [-0.39, 0.29) is 5.56 Å². The van der Waals surface area contributed by atoms with Gasteiger partial charge in [-0.2, -0.15) is 0 Å². The van der Waals surface area contributed by atoms with Crippen molar-refractivity contribution < 1.29 is 9.90 Å². The number of hydrogen-bond donors (Lipinski definition) is 1. The first kappa shape index (κ1) is 13.1. The second-order valence-corrected chi connectivity index (χ2v) is 4.76. The molecule has 3 aromatic rings. The van der Waals surface area contributed by atoms with E-state index in [1.807, 2.05) is 48.0 Å². The summed E-state index contributed by atoms with van der Waals surface area (Å²) < 4.78 is 1.95. The van der Waals surface area contributed by atoms with Crippen molar-refractivity contribution in [2.75, 3.05) is 0 Å². The average molecular weight is 278 g/mol. The molecule has 0 unspecified atom stereocenters. The number of imidazole rings is 1. The Morgan fingerprint density at radius 1 is 1.05 bits per heavy atom. The highest BCUT2D eigenvalue weighted by Gasteiger charge is 2.08. The Morgan fingerprint density at radius 2 is 1.71 bits per heavy atom. The van der Waals surface area contributed by atoms with Crippen LogP contribution in [0.2, 0.25) is 0 Å². The maximum Gasteiger partial charge on any atom is 0.335 e. The van der Waals surface area contributed by atoms with Crippen LogP contribution in [0.4, 0.5) is 0 Å². The van der Waals surface area contributed by atoms with Crippen molar-refractivity contribution in [1.82, 2.24) is 9.55 Å². The molecule has 0 radical (unpaired) electrons. The summed E-state index contributed by atoms with van der Waals surface area (Å²) in [6.45, 7) is 1.93. The maximum atomic E-state index is 10.9. The highest BCUT2D eigenvalue weighted by molar-refractivity contribution is 5.87. The predicted octanol–water partition coefficient (Wildman–Crippen LogP) is 3.55. The fourth-order valence-corrected chi connectivity index (χ4v) is 2.25. The molecule has 1 N–H and O–H groups in total. The van der Waals surface area contributed by atoms with Gasteiger partial charge in [0.25, 0.3) is 0 Å². The number of carboxylic acid groups (broad SMARTS) is 1. The number of hydrogen-bond acceptors (Lipinski definition) is 2. The molecule has 0 aliphatic carbocycles. The minimum absolute atomic E-state index is 0.278. The molecule has 0 bridgehead atoms. The minimum Gasteiger partial charge on any atom is -0.478 e. The SMILES string of the molecule is Cc1nc(-c2ccccc2)cn1-c1ccc(C(=O)O)cc1. The first-order valence-corrected chi connectivity index (χ1v) is 6.60. The third-order valence-corrected chi connectivity index (χ3v) is 3.34. The molecule has 0 spiro atoms. The number of benzene rings is 2. The molecule has 0 aliphatic rings. The highest BCUT2D eigenvalue weighted by atomic mass is 16.4. The van der Waals surface area contributed by atoms with Crippen molar-refractivity contribution >= 4 is 5.97 Å². The zero-order valence-electron chi connectivity index (χ0n) is 11.5. The molecule has 0 amide bonds. The molecule has 21 heavy (non-hydrogen) atoms. The standard InChI is InChI=1S/C17H14N2O2/c1-12-18-16(13-5-3-2-4-6-13)11-19(12)15-9-7-14(8-10-15)17(20)21/h2-11H,1H3,(H,20,21). The van der Waals surface area contributed by atoms with Crippen LogP contribution in [0.3, 0.4) is 0 Å². The number of carbonyl (C=O) groups is 1. The van der Waals surface area contributed by atoms with Crippen molar-refractivity contribution in [2.45, 2.75) is 6.92 Å². The van der Waals surface area contributed by atoms with Gasteiger partial charge in [-0.25, -0.2) is 9.78 Å². The highest BCUT2D eigenvalue weighted by Crippen LogP contribution is 2.21. The molecule has 104 valence electrons. The molecular weight excluding hydrogens is 264 g/mol. The Labute approximate surface area is 122 Å². The number of aromatic nitrogens is 2. The summed E-state index contributed by atoms with van der Waals surface area (Å²) in [7, 11) is 0. The van der Waals surface area contributed by atoms with E-state index in [1.54, 1.807) is 24.3 Å². The Bertz CT molecular complexity index is 774. The summed E-state index contributed by atoms with van der Waals surface area (Å²) in [5.74, 6) is -0.0641. The Kier molecular flexibility index (Phi) is 3.28. The van der Waals surface area contributed by atoms with Crippen molar-refractivity contribution in [1.29, 1.82) is 0 Å².